The molecule has 94 valence electrons. The van der Waals surface area contributed by atoms with Crippen LogP contribution in [0.4, 0.5) is 0 Å². The van der Waals surface area contributed by atoms with Gasteiger partial charge in [0.2, 0.25) is 0 Å². The molecule has 0 bridgehead atoms. The van der Waals surface area contributed by atoms with Gasteiger partial charge in [-0.2, -0.15) is 0 Å². The highest BCUT2D eigenvalue weighted by Crippen LogP contribution is 2.35. The number of halogens is 4. The van der Waals surface area contributed by atoms with Crippen molar-refractivity contribution >= 4 is 46.4 Å². The Kier molecular flexibility index (Phi) is 4.41. The third-order valence-corrected chi connectivity index (χ3v) is 3.93. The normalized spacial score (nSPS) is 12.5. The largest absolute Gasteiger partial charge is 0.384 e. The predicted octanol–water partition coefficient (Wildman–Crippen LogP) is 5.38. The molecule has 5 heteroatoms. The molecule has 1 nitrogen and oxygen atoms in total. The molecule has 0 saturated carbocycles. The van der Waals surface area contributed by atoms with Crippen molar-refractivity contribution in [2.45, 2.75) is 6.10 Å². The predicted molar refractivity (Wildman–Crippen MR) is 77.0 cm³/mol. The van der Waals surface area contributed by atoms with Gasteiger partial charge >= 0.3 is 0 Å². The molecule has 2 rings (SSSR count). The first-order valence-electron chi connectivity index (χ1n) is 5.07. The maximum Gasteiger partial charge on any atom is 0.107 e. The molecule has 0 radical (unpaired) electrons. The highest BCUT2D eigenvalue weighted by atomic mass is 35.5. The number of aliphatic hydroxyl groups is 1. The number of hydrogen-bond acceptors (Lipinski definition) is 1. The van der Waals surface area contributed by atoms with Crippen LogP contribution in [0.3, 0.4) is 0 Å². The van der Waals surface area contributed by atoms with Crippen LogP contribution in [-0.4, -0.2) is 5.11 Å². The molecule has 1 N–H and O–H groups in total. The zero-order valence-electron chi connectivity index (χ0n) is 9.00. The lowest BCUT2D eigenvalue weighted by molar-refractivity contribution is 0.220. The van der Waals surface area contributed by atoms with Crippen molar-refractivity contribution in [1.82, 2.24) is 0 Å². The summed E-state index contributed by atoms with van der Waals surface area (Å²) in [5, 5.41) is 11.9. The molecule has 0 aliphatic carbocycles. The lowest BCUT2D eigenvalue weighted by Crippen LogP contribution is -2.01. The Morgan fingerprint density at radius 3 is 1.94 bits per heavy atom. The summed E-state index contributed by atoms with van der Waals surface area (Å²) in [5.41, 5.74) is 1.04. The molecule has 0 heterocycles. The van der Waals surface area contributed by atoms with Crippen molar-refractivity contribution in [3.8, 4) is 0 Å². The summed E-state index contributed by atoms with van der Waals surface area (Å²) in [4.78, 5) is 0. The zero-order chi connectivity index (χ0) is 13.3. The summed E-state index contributed by atoms with van der Waals surface area (Å²) in [5.74, 6) is 0. The van der Waals surface area contributed by atoms with E-state index in [-0.39, 0.29) is 0 Å². The second-order valence-electron chi connectivity index (χ2n) is 3.71. The molecule has 0 spiro atoms. The van der Waals surface area contributed by atoms with Crippen LogP contribution in [0.5, 0.6) is 0 Å². The lowest BCUT2D eigenvalue weighted by Gasteiger charge is -2.15. The molecule has 0 aliphatic heterocycles. The highest BCUT2D eigenvalue weighted by molar-refractivity contribution is 6.42. The van der Waals surface area contributed by atoms with Gasteiger partial charge in [0.25, 0.3) is 0 Å². The summed E-state index contributed by atoms with van der Waals surface area (Å²) in [6.07, 6.45) is -0.944. The van der Waals surface area contributed by atoms with Crippen LogP contribution in [0.2, 0.25) is 20.1 Å². The van der Waals surface area contributed by atoms with Gasteiger partial charge in [-0.25, -0.2) is 0 Å². The zero-order valence-corrected chi connectivity index (χ0v) is 12.0. The highest BCUT2D eigenvalue weighted by Gasteiger charge is 2.18. The second kappa shape index (κ2) is 5.68. The fourth-order valence-electron chi connectivity index (χ4n) is 1.62. The minimum absolute atomic E-state index is 0.372. The standard InChI is InChI=1S/C13H8Cl4O/c14-8-5-4-7(6-11(8)17)13(18)12-9(15)2-1-3-10(12)16/h1-6,13,18H. The minimum atomic E-state index is -0.944. The molecule has 0 saturated heterocycles. The van der Waals surface area contributed by atoms with E-state index in [9.17, 15) is 5.11 Å². The van der Waals surface area contributed by atoms with Gasteiger partial charge in [0.1, 0.15) is 6.10 Å². The SMILES string of the molecule is OC(c1ccc(Cl)c(Cl)c1)c1c(Cl)cccc1Cl. The third-order valence-electron chi connectivity index (χ3n) is 2.53. The molecule has 0 fully saturated rings. The van der Waals surface area contributed by atoms with E-state index in [0.29, 0.717) is 31.2 Å². The lowest BCUT2D eigenvalue weighted by atomic mass is 10.0. The Morgan fingerprint density at radius 1 is 0.778 bits per heavy atom. The summed E-state index contributed by atoms with van der Waals surface area (Å²) in [6, 6.07) is 9.95. The van der Waals surface area contributed by atoms with E-state index in [1.54, 1.807) is 36.4 Å². The van der Waals surface area contributed by atoms with Crippen LogP contribution >= 0.6 is 46.4 Å². The quantitative estimate of drug-likeness (QED) is 0.787. The number of hydrogen-bond donors (Lipinski definition) is 1. The second-order valence-corrected chi connectivity index (χ2v) is 5.34. The van der Waals surface area contributed by atoms with E-state index in [0.717, 1.165) is 0 Å². The molecular weight excluding hydrogens is 314 g/mol. The van der Waals surface area contributed by atoms with Crippen molar-refractivity contribution in [1.29, 1.82) is 0 Å². The number of aliphatic hydroxyl groups excluding tert-OH is 1. The Morgan fingerprint density at radius 2 is 1.39 bits per heavy atom. The van der Waals surface area contributed by atoms with E-state index < -0.39 is 6.10 Å². The Bertz CT molecular complexity index is 563. The first-order valence-corrected chi connectivity index (χ1v) is 6.59. The number of rotatable bonds is 2. The molecule has 1 unspecified atom stereocenters. The molecule has 0 amide bonds. The van der Waals surface area contributed by atoms with E-state index >= 15 is 0 Å². The molecule has 0 aliphatic rings. The summed E-state index contributed by atoms with van der Waals surface area (Å²) in [7, 11) is 0. The van der Waals surface area contributed by atoms with Gasteiger partial charge in [0, 0.05) is 15.6 Å². The Balaban J connectivity index is 2.48. The molecular formula is C13H8Cl4O. The summed E-state index contributed by atoms with van der Waals surface area (Å²) < 4.78 is 0. The average Bonchev–Trinajstić information content (AvgIpc) is 2.32. The monoisotopic (exact) mass is 320 g/mol. The molecule has 0 aromatic heterocycles. The van der Waals surface area contributed by atoms with E-state index in [1.165, 1.54) is 0 Å². The third kappa shape index (κ3) is 2.76. The Labute approximate surface area is 125 Å². The number of benzene rings is 2. The van der Waals surface area contributed by atoms with Gasteiger partial charge in [-0.1, -0.05) is 58.5 Å². The average molecular weight is 322 g/mol. The molecule has 1 atom stereocenters. The molecule has 18 heavy (non-hydrogen) atoms. The van der Waals surface area contributed by atoms with Gasteiger partial charge < -0.3 is 5.11 Å². The van der Waals surface area contributed by atoms with Crippen LogP contribution in [0, 0.1) is 0 Å². The van der Waals surface area contributed by atoms with Gasteiger partial charge in [-0.15, -0.1) is 0 Å². The van der Waals surface area contributed by atoms with Crippen molar-refractivity contribution in [3.05, 3.63) is 67.6 Å². The summed E-state index contributed by atoms with van der Waals surface area (Å²) >= 11 is 23.8. The topological polar surface area (TPSA) is 20.2 Å². The van der Waals surface area contributed by atoms with E-state index in [1.807, 2.05) is 0 Å². The van der Waals surface area contributed by atoms with Gasteiger partial charge in [-0.3, -0.25) is 0 Å². The first kappa shape index (κ1) is 14.0. The molecule has 2 aromatic carbocycles. The maximum atomic E-state index is 10.3. The fraction of sp³-hybridized carbons (Fsp3) is 0.0769. The Hall–Kier alpha value is -0.440. The fourth-order valence-corrected chi connectivity index (χ4v) is 2.53. The minimum Gasteiger partial charge on any atom is -0.384 e. The van der Waals surface area contributed by atoms with Gasteiger partial charge in [-0.05, 0) is 29.8 Å². The summed E-state index contributed by atoms with van der Waals surface area (Å²) in [6.45, 7) is 0. The van der Waals surface area contributed by atoms with Crippen LogP contribution in [-0.2, 0) is 0 Å². The maximum absolute atomic E-state index is 10.3. The van der Waals surface area contributed by atoms with Crippen LogP contribution in [0.15, 0.2) is 36.4 Å². The van der Waals surface area contributed by atoms with Crippen LogP contribution in [0.25, 0.3) is 0 Å². The van der Waals surface area contributed by atoms with E-state index in [2.05, 4.69) is 0 Å². The van der Waals surface area contributed by atoms with Gasteiger partial charge in [0.15, 0.2) is 0 Å². The van der Waals surface area contributed by atoms with Crippen molar-refractivity contribution in [3.63, 3.8) is 0 Å². The van der Waals surface area contributed by atoms with Crippen molar-refractivity contribution in [2.75, 3.05) is 0 Å². The van der Waals surface area contributed by atoms with Crippen molar-refractivity contribution in [2.24, 2.45) is 0 Å². The molecule has 2 aromatic rings. The first-order chi connectivity index (χ1) is 8.50. The van der Waals surface area contributed by atoms with Crippen LogP contribution in [0.1, 0.15) is 17.2 Å². The van der Waals surface area contributed by atoms with E-state index in [4.69, 9.17) is 46.4 Å². The van der Waals surface area contributed by atoms with Crippen molar-refractivity contribution < 1.29 is 5.11 Å². The van der Waals surface area contributed by atoms with Crippen LogP contribution < -0.4 is 0 Å². The van der Waals surface area contributed by atoms with Gasteiger partial charge in [0.05, 0.1) is 10.0 Å². The smallest absolute Gasteiger partial charge is 0.107 e.